The first kappa shape index (κ1) is 37.5. The second-order valence-electron chi connectivity index (χ2n) is 8.91. The van der Waals surface area contributed by atoms with E-state index < -0.39 is 53.6 Å². The molecule has 3 amide bonds. The number of hydrogen-bond donors (Lipinski definition) is 3. The Morgan fingerprint density at radius 2 is 1.32 bits per heavy atom. The molecular formula is C25H23N5Na2O10S2. The number of benzene rings is 2. The third kappa shape index (κ3) is 8.30. The van der Waals surface area contributed by atoms with E-state index in [0.29, 0.717) is 5.69 Å². The predicted molar refractivity (Wildman–Crippen MR) is 147 cm³/mol. The van der Waals surface area contributed by atoms with Crippen LogP contribution in [-0.2, 0) is 39.1 Å². The van der Waals surface area contributed by atoms with Crippen molar-refractivity contribution in [3.8, 4) is 0 Å². The van der Waals surface area contributed by atoms with Crippen molar-refractivity contribution in [3.63, 3.8) is 0 Å². The largest absolute Gasteiger partial charge is 1.00 e. The molecule has 0 fully saturated rings. The van der Waals surface area contributed by atoms with Crippen molar-refractivity contribution < 1.29 is 104 Å². The van der Waals surface area contributed by atoms with Gasteiger partial charge in [-0.05, 0) is 31.2 Å². The number of hydrogen-bond acceptors (Lipinski definition) is 10. The van der Waals surface area contributed by atoms with Gasteiger partial charge in [0.1, 0.15) is 31.6 Å². The van der Waals surface area contributed by atoms with Gasteiger partial charge in [-0.25, -0.2) is 21.6 Å². The summed E-state index contributed by atoms with van der Waals surface area (Å²) in [5, 5.41) is 6.76. The van der Waals surface area contributed by atoms with Crippen molar-refractivity contribution in [2.45, 2.75) is 16.7 Å². The maximum Gasteiger partial charge on any atom is 1.00 e. The summed E-state index contributed by atoms with van der Waals surface area (Å²) in [5.41, 5.74) is 0.174. The number of carbonyl (C=O) groups is 3. The Balaban J connectivity index is 0.00000337. The Bertz CT molecular complexity index is 1970. The van der Waals surface area contributed by atoms with Crippen LogP contribution < -0.4 is 75.1 Å². The Morgan fingerprint density at radius 1 is 0.773 bits per heavy atom. The molecule has 0 radical (unpaired) electrons. The van der Waals surface area contributed by atoms with E-state index in [0.717, 1.165) is 30.3 Å². The van der Waals surface area contributed by atoms with E-state index in [1.54, 1.807) is 14.0 Å². The summed E-state index contributed by atoms with van der Waals surface area (Å²) < 4.78 is 79.0. The minimum Gasteiger partial charge on any atom is -0.744 e. The molecule has 0 spiro atoms. The van der Waals surface area contributed by atoms with Crippen molar-refractivity contribution in [1.29, 1.82) is 0 Å². The predicted octanol–water partition coefficient (Wildman–Crippen LogP) is -3.59. The first-order valence-electron chi connectivity index (χ1n) is 12.0. The molecule has 2 aromatic heterocycles. The van der Waals surface area contributed by atoms with Crippen LogP contribution >= 0.6 is 0 Å². The van der Waals surface area contributed by atoms with Crippen molar-refractivity contribution in [1.82, 2.24) is 9.13 Å². The second kappa shape index (κ2) is 14.6. The van der Waals surface area contributed by atoms with E-state index in [9.17, 15) is 40.3 Å². The van der Waals surface area contributed by atoms with Crippen molar-refractivity contribution in [2.24, 2.45) is 14.1 Å². The molecule has 0 saturated carbocycles. The first-order chi connectivity index (χ1) is 19.6. The normalized spacial score (nSPS) is 11.2. The molecule has 4 rings (SSSR count). The van der Waals surface area contributed by atoms with Gasteiger partial charge in [-0.15, -0.1) is 0 Å². The second-order valence-corrected chi connectivity index (χ2v) is 11.6. The number of amides is 3. The third-order valence-corrected chi connectivity index (χ3v) is 7.83. The van der Waals surface area contributed by atoms with Gasteiger partial charge in [-0.3, -0.25) is 14.9 Å². The monoisotopic (exact) mass is 663 g/mol. The summed E-state index contributed by atoms with van der Waals surface area (Å²) in [6.07, 6.45) is 2.21. The number of nitrogens with one attached hydrogen (secondary N) is 3. The first-order valence-corrected chi connectivity index (χ1v) is 14.8. The number of anilines is 3. The minimum atomic E-state index is -5.28. The van der Waals surface area contributed by atoms with E-state index in [1.165, 1.54) is 40.7 Å². The van der Waals surface area contributed by atoms with Crippen molar-refractivity contribution in [2.75, 3.05) is 22.6 Å². The molecule has 44 heavy (non-hydrogen) atoms. The van der Waals surface area contributed by atoms with Gasteiger partial charge < -0.3 is 33.6 Å². The molecule has 0 aliphatic carbocycles. The molecule has 0 bridgehead atoms. The van der Waals surface area contributed by atoms with Crippen molar-refractivity contribution >= 4 is 66.0 Å². The molecule has 3 N–H and O–H groups in total. The molecular weight excluding hydrogens is 640 g/mol. The van der Waals surface area contributed by atoms with Gasteiger partial charge in [0.05, 0.1) is 33.5 Å². The Hall–Kier alpha value is -2.71. The fourth-order valence-electron chi connectivity index (χ4n) is 4.27. The summed E-state index contributed by atoms with van der Waals surface area (Å²) in [4.78, 5) is 36.0. The zero-order valence-corrected chi connectivity index (χ0v) is 29.8. The Kier molecular flexibility index (Phi) is 12.4. The van der Waals surface area contributed by atoms with Crippen LogP contribution in [0.3, 0.4) is 0 Å². The number of nitrogens with zero attached hydrogens (tertiary/aromatic N) is 2. The van der Waals surface area contributed by atoms with Crippen LogP contribution in [0, 0.1) is 0 Å². The molecule has 222 valence electrons. The number of rotatable bonds is 8. The van der Waals surface area contributed by atoms with E-state index in [1.807, 2.05) is 0 Å². The van der Waals surface area contributed by atoms with E-state index in [4.69, 9.17) is 4.74 Å². The van der Waals surface area contributed by atoms with Crippen LogP contribution in [0.2, 0.25) is 0 Å². The quantitative estimate of drug-likeness (QED) is 0.124. The molecule has 0 aliphatic heterocycles. The number of aromatic nitrogens is 2. The molecule has 0 saturated heterocycles. The summed E-state index contributed by atoms with van der Waals surface area (Å²) >= 11 is 0. The molecule has 19 heteroatoms. The smallest absolute Gasteiger partial charge is 0.744 e. The fourth-order valence-corrected chi connectivity index (χ4v) is 5.80. The van der Waals surface area contributed by atoms with Crippen LogP contribution in [0.25, 0.3) is 10.8 Å². The van der Waals surface area contributed by atoms with Crippen molar-refractivity contribution in [3.05, 3.63) is 66.2 Å². The molecule has 0 unspecified atom stereocenters. The summed E-state index contributed by atoms with van der Waals surface area (Å²) in [6, 6.07) is 8.02. The van der Waals surface area contributed by atoms with Gasteiger partial charge in [0.2, 0.25) is 0 Å². The van der Waals surface area contributed by atoms with E-state index >= 15 is 0 Å². The fraction of sp³-hybridized carbons (Fsp3) is 0.160. The third-order valence-electron chi connectivity index (χ3n) is 5.99. The standard InChI is InChI=1S/C25H25N5O10S2.2Na/c1-4-40-25(33)27-15-11-19(30(3)13-15)23(31)26-14-10-20(29(2)12-14)24(32)28-18-9-8-16-17(22(18)42(37,38)39)6-5-7-21(16)41(34,35)36;;/h5-13H,4H2,1-3H3,(H,26,31)(H,27,33)(H,28,32)(H,34,35,36)(H,37,38,39);;/q;2*+1/p-2. The van der Waals surface area contributed by atoms with Crippen LogP contribution in [-0.4, -0.2) is 59.6 Å². The Labute approximate surface area is 296 Å². The van der Waals surface area contributed by atoms with Crippen LogP contribution in [0.4, 0.5) is 21.9 Å². The number of fused-ring (bicyclic) bond motifs is 1. The average molecular weight is 664 g/mol. The van der Waals surface area contributed by atoms with E-state index in [-0.39, 0.29) is 93.6 Å². The van der Waals surface area contributed by atoms with Gasteiger partial charge in [0.15, 0.2) is 0 Å². The molecule has 0 atom stereocenters. The minimum absolute atomic E-state index is 0. The van der Waals surface area contributed by atoms with Gasteiger partial charge in [0, 0.05) is 37.3 Å². The Morgan fingerprint density at radius 3 is 1.84 bits per heavy atom. The summed E-state index contributed by atoms with van der Waals surface area (Å²) in [7, 11) is -7.23. The molecule has 2 heterocycles. The molecule has 4 aromatic rings. The van der Waals surface area contributed by atoms with Gasteiger partial charge >= 0.3 is 65.2 Å². The zero-order chi connectivity index (χ0) is 31.0. The van der Waals surface area contributed by atoms with Gasteiger partial charge in [0.25, 0.3) is 11.8 Å². The van der Waals surface area contributed by atoms with Gasteiger partial charge in [-0.2, -0.15) is 0 Å². The van der Waals surface area contributed by atoms with Crippen LogP contribution in [0.15, 0.2) is 64.6 Å². The summed E-state index contributed by atoms with van der Waals surface area (Å²) in [6.45, 7) is 1.81. The zero-order valence-electron chi connectivity index (χ0n) is 24.2. The van der Waals surface area contributed by atoms with Crippen LogP contribution in [0.5, 0.6) is 0 Å². The summed E-state index contributed by atoms with van der Waals surface area (Å²) in [5.74, 6) is -1.44. The molecule has 0 aliphatic rings. The number of aryl methyl sites for hydroxylation is 2. The number of ether oxygens (including phenoxy) is 1. The average Bonchev–Trinajstić information content (AvgIpc) is 3.43. The SMILES string of the molecule is CCOC(=O)Nc1cc(C(=O)Nc2cc(C(=O)Nc3ccc4c(S(=O)(=O)[O-])cccc4c3S(=O)(=O)[O-])n(C)c2)n(C)c1.[Na+].[Na+]. The molecule has 2 aromatic carbocycles. The number of carbonyl (C=O) groups excluding carboxylic acids is 3. The van der Waals surface area contributed by atoms with Crippen LogP contribution in [0.1, 0.15) is 27.9 Å². The maximum absolute atomic E-state index is 13.1. The molecule has 15 nitrogen and oxygen atoms in total. The van der Waals surface area contributed by atoms with E-state index in [2.05, 4.69) is 16.0 Å². The topological polar surface area (TPSA) is 221 Å². The maximum atomic E-state index is 13.1. The van der Waals surface area contributed by atoms with Gasteiger partial charge in [-0.1, -0.05) is 18.2 Å².